The number of rotatable bonds is 4. The van der Waals surface area contributed by atoms with Gasteiger partial charge < -0.3 is 15.2 Å². The Hall–Kier alpha value is -2.18. The summed E-state index contributed by atoms with van der Waals surface area (Å²) in [5.41, 5.74) is 5.77. The van der Waals surface area contributed by atoms with Gasteiger partial charge in [-0.05, 0) is 25.0 Å². The first-order chi connectivity index (χ1) is 10.2. The molecule has 1 aliphatic heterocycles. The largest absolute Gasteiger partial charge is 0.496 e. The summed E-state index contributed by atoms with van der Waals surface area (Å²) in [6.45, 7) is 3.89. The molecule has 1 aliphatic rings. The van der Waals surface area contributed by atoms with Gasteiger partial charge in [-0.1, -0.05) is 6.58 Å². The molecule has 1 aromatic carbocycles. The third-order valence-corrected chi connectivity index (χ3v) is 3.70. The van der Waals surface area contributed by atoms with E-state index < -0.39 is 17.7 Å². The molecule has 0 saturated carbocycles. The van der Waals surface area contributed by atoms with Gasteiger partial charge in [0, 0.05) is 22.7 Å². The lowest BCUT2D eigenvalue weighted by Crippen LogP contribution is -2.10. The number of anilines is 1. The van der Waals surface area contributed by atoms with Crippen LogP contribution in [0, 0.1) is 5.92 Å². The molecule has 1 saturated heterocycles. The zero-order valence-electron chi connectivity index (χ0n) is 12.0. The molecule has 22 heavy (non-hydrogen) atoms. The molecule has 0 radical (unpaired) electrons. The number of carbonyl (C=O) groups excluding carboxylic acids is 1. The van der Waals surface area contributed by atoms with Crippen LogP contribution in [0.5, 0.6) is 5.75 Å². The third kappa shape index (κ3) is 3.18. The Morgan fingerprint density at radius 1 is 1.45 bits per heavy atom. The van der Waals surface area contributed by atoms with Gasteiger partial charge in [-0.25, -0.2) is 4.79 Å². The second-order valence-corrected chi connectivity index (χ2v) is 5.10. The normalized spacial score (nSPS) is 18.5. The molecule has 0 unspecified atom stereocenters. The Balaban J connectivity index is 2.20. The van der Waals surface area contributed by atoms with Crippen LogP contribution in [-0.4, -0.2) is 19.7 Å². The van der Waals surface area contributed by atoms with Crippen LogP contribution in [0.15, 0.2) is 24.3 Å². The smallest absolute Gasteiger partial charge is 0.416 e. The van der Waals surface area contributed by atoms with Crippen molar-refractivity contribution in [2.45, 2.75) is 19.0 Å². The predicted molar refractivity (Wildman–Crippen MR) is 74.3 cm³/mol. The van der Waals surface area contributed by atoms with Crippen molar-refractivity contribution in [3.63, 3.8) is 0 Å². The van der Waals surface area contributed by atoms with E-state index in [1.54, 1.807) is 0 Å². The van der Waals surface area contributed by atoms with Crippen LogP contribution < -0.4 is 10.5 Å². The van der Waals surface area contributed by atoms with Crippen LogP contribution in [0.25, 0.3) is 0 Å². The van der Waals surface area contributed by atoms with Crippen LogP contribution in [0.4, 0.5) is 18.9 Å². The molecule has 0 spiro atoms. The molecule has 1 atom stereocenters. The average Bonchev–Trinajstić information content (AvgIpc) is 2.76. The highest BCUT2D eigenvalue weighted by molar-refractivity contribution is 5.90. The Morgan fingerprint density at radius 2 is 2.14 bits per heavy atom. The van der Waals surface area contributed by atoms with Gasteiger partial charge in [0.15, 0.2) is 0 Å². The number of benzene rings is 1. The van der Waals surface area contributed by atoms with Gasteiger partial charge in [0.25, 0.3) is 0 Å². The van der Waals surface area contributed by atoms with E-state index >= 15 is 0 Å². The van der Waals surface area contributed by atoms with Crippen molar-refractivity contribution in [3.8, 4) is 5.75 Å². The summed E-state index contributed by atoms with van der Waals surface area (Å²) in [5, 5.41) is 0. The Labute approximate surface area is 125 Å². The number of halogens is 3. The van der Waals surface area contributed by atoms with Gasteiger partial charge in [-0.3, -0.25) is 0 Å². The topological polar surface area (TPSA) is 61.5 Å². The highest BCUT2D eigenvalue weighted by Gasteiger charge is 2.33. The fourth-order valence-corrected chi connectivity index (χ4v) is 2.39. The third-order valence-electron chi connectivity index (χ3n) is 3.70. The van der Waals surface area contributed by atoms with Gasteiger partial charge in [0.2, 0.25) is 0 Å². The first-order valence-electron chi connectivity index (χ1n) is 6.63. The minimum atomic E-state index is -4.49. The monoisotopic (exact) mass is 315 g/mol. The molecule has 7 heteroatoms. The number of alkyl halides is 3. The van der Waals surface area contributed by atoms with Gasteiger partial charge >= 0.3 is 12.1 Å². The lowest BCUT2D eigenvalue weighted by atomic mass is 9.94. The number of hydrogen-bond donors (Lipinski definition) is 1. The molecule has 1 fully saturated rings. The molecule has 1 aromatic rings. The Bertz CT molecular complexity index is 611. The van der Waals surface area contributed by atoms with E-state index in [4.69, 9.17) is 15.2 Å². The molecule has 0 bridgehead atoms. The maximum atomic E-state index is 12.8. The first-order valence-corrected chi connectivity index (χ1v) is 6.63. The summed E-state index contributed by atoms with van der Waals surface area (Å²) in [6, 6.07) is 1.82. The molecule has 2 N–H and O–H groups in total. The van der Waals surface area contributed by atoms with Gasteiger partial charge in [0.05, 0.1) is 19.3 Å². The number of nitrogens with two attached hydrogens (primary N) is 1. The van der Waals surface area contributed by atoms with Gasteiger partial charge in [0.1, 0.15) is 5.75 Å². The second kappa shape index (κ2) is 5.90. The molecule has 0 aromatic heterocycles. The predicted octanol–water partition coefficient (Wildman–Crippen LogP) is 2.96. The molecular weight excluding hydrogens is 299 g/mol. The van der Waals surface area contributed by atoms with Crippen LogP contribution in [0.2, 0.25) is 0 Å². The maximum Gasteiger partial charge on any atom is 0.416 e. The molecule has 1 heterocycles. The number of hydrogen-bond acceptors (Lipinski definition) is 4. The minimum absolute atomic E-state index is 0.0162. The van der Waals surface area contributed by atoms with Gasteiger partial charge in [-0.15, -0.1) is 0 Å². The van der Waals surface area contributed by atoms with Crippen LogP contribution in [-0.2, 0) is 22.1 Å². The van der Waals surface area contributed by atoms with Crippen LogP contribution in [0.3, 0.4) is 0 Å². The fraction of sp³-hybridized carbons (Fsp3) is 0.400. The summed E-state index contributed by atoms with van der Waals surface area (Å²) in [5.74, 6) is -0.501. The minimum Gasteiger partial charge on any atom is -0.496 e. The van der Waals surface area contributed by atoms with Crippen molar-refractivity contribution in [3.05, 3.63) is 35.4 Å². The van der Waals surface area contributed by atoms with E-state index in [9.17, 15) is 18.0 Å². The SMILES string of the molecule is C=C1C(=O)OC[C@H]1CCc1c(N)cc(C(F)(F)F)cc1OC. The lowest BCUT2D eigenvalue weighted by molar-refractivity contribution is -0.137. The summed E-state index contributed by atoms with van der Waals surface area (Å²) in [6.07, 6.45) is -3.62. The van der Waals surface area contributed by atoms with E-state index in [-0.39, 0.29) is 24.0 Å². The van der Waals surface area contributed by atoms with Crippen molar-refractivity contribution in [1.29, 1.82) is 0 Å². The van der Waals surface area contributed by atoms with Crippen molar-refractivity contribution in [2.24, 2.45) is 5.92 Å². The quantitative estimate of drug-likeness (QED) is 0.527. The number of cyclic esters (lactones) is 1. The summed E-state index contributed by atoms with van der Waals surface area (Å²) in [4.78, 5) is 11.2. The fourth-order valence-electron chi connectivity index (χ4n) is 2.39. The molecule has 120 valence electrons. The lowest BCUT2D eigenvalue weighted by Gasteiger charge is -2.16. The summed E-state index contributed by atoms with van der Waals surface area (Å²) >= 11 is 0. The first kappa shape index (κ1) is 16.2. The van der Waals surface area contributed by atoms with Crippen molar-refractivity contribution in [2.75, 3.05) is 19.5 Å². The second-order valence-electron chi connectivity index (χ2n) is 5.10. The Morgan fingerprint density at radius 3 is 2.64 bits per heavy atom. The zero-order valence-corrected chi connectivity index (χ0v) is 12.0. The summed E-state index contributed by atoms with van der Waals surface area (Å²) in [7, 11) is 1.29. The standard InChI is InChI=1S/C15H16F3NO3/c1-8-9(7-22-14(8)20)3-4-11-12(19)5-10(15(16,17)18)6-13(11)21-2/h5-6,9H,1,3-4,7,19H2,2H3/t9-/m1/s1. The van der Waals surface area contributed by atoms with E-state index in [1.165, 1.54) is 7.11 Å². The molecule has 0 amide bonds. The zero-order chi connectivity index (χ0) is 16.5. The van der Waals surface area contributed by atoms with Crippen LogP contribution in [0.1, 0.15) is 17.5 Å². The average molecular weight is 315 g/mol. The van der Waals surface area contributed by atoms with Crippen molar-refractivity contribution < 1.29 is 27.4 Å². The molecule has 0 aliphatic carbocycles. The highest BCUT2D eigenvalue weighted by atomic mass is 19.4. The Kier molecular flexibility index (Phi) is 4.35. The van der Waals surface area contributed by atoms with Crippen molar-refractivity contribution in [1.82, 2.24) is 0 Å². The maximum absolute atomic E-state index is 12.8. The molecular formula is C15H16F3NO3. The van der Waals surface area contributed by atoms with E-state index in [0.717, 1.165) is 12.1 Å². The van der Waals surface area contributed by atoms with Crippen LogP contribution >= 0.6 is 0 Å². The van der Waals surface area contributed by atoms with Crippen molar-refractivity contribution >= 4 is 11.7 Å². The number of carbonyl (C=O) groups is 1. The number of ether oxygens (including phenoxy) is 2. The number of nitrogen functional groups attached to an aromatic ring is 1. The molecule has 4 nitrogen and oxygen atoms in total. The summed E-state index contributed by atoms with van der Waals surface area (Å²) < 4.78 is 48.2. The number of esters is 1. The van der Waals surface area contributed by atoms with Gasteiger partial charge in [-0.2, -0.15) is 13.2 Å². The van der Waals surface area contributed by atoms with E-state index in [0.29, 0.717) is 24.0 Å². The highest BCUT2D eigenvalue weighted by Crippen LogP contribution is 2.37. The molecule has 2 rings (SSSR count). The number of methoxy groups -OCH3 is 1. The van der Waals surface area contributed by atoms with E-state index in [1.807, 2.05) is 0 Å². The van der Waals surface area contributed by atoms with E-state index in [2.05, 4.69) is 6.58 Å².